The summed E-state index contributed by atoms with van der Waals surface area (Å²) in [6.07, 6.45) is 6.02. The van der Waals surface area contributed by atoms with Crippen molar-refractivity contribution in [2.24, 2.45) is 5.73 Å². The summed E-state index contributed by atoms with van der Waals surface area (Å²) in [5.41, 5.74) is 6.19. The van der Waals surface area contributed by atoms with Crippen molar-refractivity contribution in [1.29, 1.82) is 0 Å². The van der Waals surface area contributed by atoms with Crippen molar-refractivity contribution in [2.45, 2.75) is 51.1 Å². The second kappa shape index (κ2) is 5.69. The molecule has 0 spiro atoms. The van der Waals surface area contributed by atoms with Crippen molar-refractivity contribution in [3.8, 4) is 0 Å². The Labute approximate surface area is 104 Å². The van der Waals surface area contributed by atoms with E-state index in [1.165, 1.54) is 25.7 Å². The fraction of sp³-hybridized carbons (Fsp3) is 0.714. The lowest BCUT2D eigenvalue weighted by atomic mass is 9.90. The molecule has 1 aromatic rings. The van der Waals surface area contributed by atoms with Crippen LogP contribution >= 0.6 is 0 Å². The minimum atomic E-state index is 0.354. The fourth-order valence-corrected chi connectivity index (χ4v) is 2.76. The van der Waals surface area contributed by atoms with Gasteiger partial charge in [0.1, 0.15) is 11.5 Å². The molecule has 3 nitrogen and oxygen atoms in total. The quantitative estimate of drug-likeness (QED) is 0.872. The molecule has 0 amide bonds. The van der Waals surface area contributed by atoms with Gasteiger partial charge >= 0.3 is 0 Å². The Hall–Kier alpha value is -0.800. The van der Waals surface area contributed by atoms with Gasteiger partial charge in [-0.1, -0.05) is 12.8 Å². The fourth-order valence-electron chi connectivity index (χ4n) is 2.76. The minimum Gasteiger partial charge on any atom is -0.466 e. The molecule has 2 rings (SSSR count). The summed E-state index contributed by atoms with van der Waals surface area (Å²) in [5.74, 6) is 2.08. The smallest absolute Gasteiger partial charge is 0.105 e. The van der Waals surface area contributed by atoms with Crippen molar-refractivity contribution in [3.05, 3.63) is 23.7 Å². The van der Waals surface area contributed by atoms with Crippen molar-refractivity contribution >= 4 is 0 Å². The molecule has 0 bridgehead atoms. The number of furan rings is 1. The van der Waals surface area contributed by atoms with Gasteiger partial charge in [-0.05, 0) is 38.9 Å². The molecule has 0 radical (unpaired) electrons. The van der Waals surface area contributed by atoms with Crippen molar-refractivity contribution in [3.63, 3.8) is 0 Å². The summed E-state index contributed by atoms with van der Waals surface area (Å²) >= 11 is 0. The summed E-state index contributed by atoms with van der Waals surface area (Å²) < 4.78 is 5.59. The Bertz CT molecular complexity index is 348. The molecule has 2 atom stereocenters. The summed E-state index contributed by atoms with van der Waals surface area (Å²) in [7, 11) is 2.19. The maximum atomic E-state index is 6.19. The molecule has 0 aromatic carbocycles. The first-order valence-corrected chi connectivity index (χ1v) is 6.68. The normalized spacial score (nSPS) is 25.4. The predicted octanol–water partition coefficient (Wildman–Crippen LogP) is 2.33. The van der Waals surface area contributed by atoms with Gasteiger partial charge in [-0.15, -0.1) is 0 Å². The lowest BCUT2D eigenvalue weighted by Crippen LogP contribution is -2.48. The standard InChI is InChI=1S/C14H24N2O/c1-11-7-8-12(17-11)9-10-16(2)14-6-4-3-5-13(14)15/h7-8,13-14H,3-6,9-10,15H2,1-2H3. The van der Waals surface area contributed by atoms with E-state index in [4.69, 9.17) is 10.2 Å². The lowest BCUT2D eigenvalue weighted by Gasteiger charge is -2.35. The third-order valence-corrected chi connectivity index (χ3v) is 3.85. The van der Waals surface area contributed by atoms with Gasteiger partial charge in [0.25, 0.3) is 0 Å². The Morgan fingerprint density at radius 3 is 2.76 bits per heavy atom. The van der Waals surface area contributed by atoms with E-state index in [2.05, 4.69) is 18.0 Å². The van der Waals surface area contributed by atoms with Gasteiger partial charge in [0.2, 0.25) is 0 Å². The third-order valence-electron chi connectivity index (χ3n) is 3.85. The van der Waals surface area contributed by atoms with Gasteiger partial charge in [0, 0.05) is 25.0 Å². The van der Waals surface area contributed by atoms with E-state index in [1.54, 1.807) is 0 Å². The zero-order valence-corrected chi connectivity index (χ0v) is 11.0. The molecule has 1 aromatic heterocycles. The number of hydrogen-bond acceptors (Lipinski definition) is 3. The van der Waals surface area contributed by atoms with E-state index < -0.39 is 0 Å². The number of hydrogen-bond donors (Lipinski definition) is 1. The molecule has 17 heavy (non-hydrogen) atoms. The van der Waals surface area contributed by atoms with Crippen LogP contribution in [0.5, 0.6) is 0 Å². The maximum Gasteiger partial charge on any atom is 0.105 e. The zero-order chi connectivity index (χ0) is 12.3. The van der Waals surface area contributed by atoms with Crippen LogP contribution in [0, 0.1) is 6.92 Å². The second-order valence-corrected chi connectivity index (χ2v) is 5.26. The molecule has 1 aliphatic rings. The van der Waals surface area contributed by atoms with Gasteiger partial charge in [-0.3, -0.25) is 0 Å². The van der Waals surface area contributed by atoms with Crippen LogP contribution in [0.1, 0.15) is 37.2 Å². The summed E-state index contributed by atoms with van der Waals surface area (Å²) in [6.45, 7) is 3.02. The highest BCUT2D eigenvalue weighted by molar-refractivity contribution is 5.05. The SMILES string of the molecule is Cc1ccc(CCN(C)C2CCCCC2N)o1. The van der Waals surface area contributed by atoms with E-state index in [1.807, 2.05) is 13.0 Å². The topological polar surface area (TPSA) is 42.4 Å². The highest BCUT2D eigenvalue weighted by Crippen LogP contribution is 2.21. The molecule has 2 N–H and O–H groups in total. The lowest BCUT2D eigenvalue weighted by molar-refractivity contribution is 0.168. The van der Waals surface area contributed by atoms with Crippen molar-refractivity contribution in [2.75, 3.05) is 13.6 Å². The number of nitrogens with zero attached hydrogens (tertiary/aromatic N) is 1. The minimum absolute atomic E-state index is 0.354. The van der Waals surface area contributed by atoms with Crippen LogP contribution in [0.25, 0.3) is 0 Å². The van der Waals surface area contributed by atoms with E-state index >= 15 is 0 Å². The number of rotatable bonds is 4. The Kier molecular flexibility index (Phi) is 4.24. The molecule has 1 heterocycles. The van der Waals surface area contributed by atoms with E-state index in [9.17, 15) is 0 Å². The third kappa shape index (κ3) is 3.33. The summed E-state index contributed by atoms with van der Waals surface area (Å²) in [5, 5.41) is 0. The zero-order valence-electron chi connectivity index (χ0n) is 11.0. The van der Waals surface area contributed by atoms with Crippen molar-refractivity contribution < 1.29 is 4.42 Å². The first-order chi connectivity index (χ1) is 8.16. The highest BCUT2D eigenvalue weighted by atomic mass is 16.3. The van der Waals surface area contributed by atoms with E-state index in [0.29, 0.717) is 12.1 Å². The van der Waals surface area contributed by atoms with Crippen LogP contribution in [-0.2, 0) is 6.42 Å². The van der Waals surface area contributed by atoms with Gasteiger partial charge in [-0.2, -0.15) is 0 Å². The van der Waals surface area contributed by atoms with Crippen LogP contribution in [-0.4, -0.2) is 30.6 Å². The molecular weight excluding hydrogens is 212 g/mol. The number of likely N-dealkylation sites (N-methyl/N-ethyl adjacent to an activating group) is 1. The molecule has 96 valence electrons. The molecule has 3 heteroatoms. The van der Waals surface area contributed by atoms with Crippen LogP contribution in [0.15, 0.2) is 16.5 Å². The first-order valence-electron chi connectivity index (χ1n) is 6.68. The number of aryl methyl sites for hydroxylation is 1. The molecular formula is C14H24N2O. The monoisotopic (exact) mass is 236 g/mol. The first kappa shape index (κ1) is 12.7. The molecule has 1 fully saturated rings. The van der Waals surface area contributed by atoms with E-state index in [0.717, 1.165) is 24.5 Å². The second-order valence-electron chi connectivity index (χ2n) is 5.26. The Balaban J connectivity index is 1.82. The van der Waals surface area contributed by atoms with Crippen LogP contribution in [0.3, 0.4) is 0 Å². The highest BCUT2D eigenvalue weighted by Gasteiger charge is 2.25. The van der Waals surface area contributed by atoms with E-state index in [-0.39, 0.29) is 0 Å². The van der Waals surface area contributed by atoms with Crippen LogP contribution in [0.2, 0.25) is 0 Å². The van der Waals surface area contributed by atoms with Crippen molar-refractivity contribution in [1.82, 2.24) is 4.90 Å². The van der Waals surface area contributed by atoms with Gasteiger partial charge in [0.05, 0.1) is 0 Å². The average molecular weight is 236 g/mol. The van der Waals surface area contributed by atoms with Gasteiger partial charge in [0.15, 0.2) is 0 Å². The molecule has 0 aliphatic heterocycles. The average Bonchev–Trinajstić information content (AvgIpc) is 2.73. The summed E-state index contributed by atoms with van der Waals surface area (Å²) in [4.78, 5) is 2.40. The summed E-state index contributed by atoms with van der Waals surface area (Å²) in [6, 6.07) is 5.01. The molecule has 1 saturated carbocycles. The maximum absolute atomic E-state index is 6.19. The Morgan fingerprint density at radius 1 is 1.35 bits per heavy atom. The van der Waals surface area contributed by atoms with Gasteiger partial charge in [-0.25, -0.2) is 0 Å². The molecule has 1 aliphatic carbocycles. The Morgan fingerprint density at radius 2 is 2.12 bits per heavy atom. The molecule has 2 unspecified atom stereocenters. The van der Waals surface area contributed by atoms with Crippen LogP contribution < -0.4 is 5.73 Å². The van der Waals surface area contributed by atoms with Gasteiger partial charge < -0.3 is 15.1 Å². The number of nitrogens with two attached hydrogens (primary N) is 1. The van der Waals surface area contributed by atoms with Crippen LogP contribution in [0.4, 0.5) is 0 Å². The molecule has 0 saturated heterocycles. The largest absolute Gasteiger partial charge is 0.466 e. The predicted molar refractivity (Wildman–Crippen MR) is 70.0 cm³/mol.